The number of hydrogen-bond donors (Lipinski definition) is 1. The van der Waals surface area contributed by atoms with E-state index >= 15 is 0 Å². The molecule has 1 aromatic heterocycles. The van der Waals surface area contributed by atoms with E-state index in [1.807, 2.05) is 24.3 Å². The van der Waals surface area contributed by atoms with Crippen LogP contribution in [0.4, 0.5) is 0 Å². The van der Waals surface area contributed by atoms with E-state index in [4.69, 9.17) is 9.72 Å². The molecule has 156 valence electrons. The van der Waals surface area contributed by atoms with Crippen LogP contribution >= 0.6 is 0 Å². The van der Waals surface area contributed by atoms with E-state index < -0.39 is 0 Å². The highest BCUT2D eigenvalue weighted by molar-refractivity contribution is 5.59. The van der Waals surface area contributed by atoms with Gasteiger partial charge in [-0.15, -0.1) is 0 Å². The van der Waals surface area contributed by atoms with Gasteiger partial charge in [-0.25, -0.2) is 4.98 Å². The smallest absolute Gasteiger partial charge is 0.143 e. The maximum absolute atomic E-state index is 9.32. The van der Waals surface area contributed by atoms with Gasteiger partial charge >= 0.3 is 0 Å². The highest BCUT2D eigenvalue weighted by Crippen LogP contribution is 2.35. The lowest BCUT2D eigenvalue weighted by Crippen LogP contribution is -2.35. The van der Waals surface area contributed by atoms with Crippen molar-refractivity contribution in [1.29, 1.82) is 0 Å². The van der Waals surface area contributed by atoms with E-state index in [9.17, 15) is 5.11 Å². The second-order valence-corrected chi connectivity index (χ2v) is 8.50. The first kappa shape index (κ1) is 19.5. The third-order valence-electron chi connectivity index (χ3n) is 6.43. The van der Waals surface area contributed by atoms with E-state index in [2.05, 4.69) is 47.0 Å². The summed E-state index contributed by atoms with van der Waals surface area (Å²) in [7, 11) is 2.18. The summed E-state index contributed by atoms with van der Waals surface area (Å²) in [5.41, 5.74) is 5.56. The molecule has 0 spiro atoms. The number of nitrogens with zero attached hydrogens (tertiary/aromatic N) is 3. The monoisotopic (exact) mass is 403 g/mol. The summed E-state index contributed by atoms with van der Waals surface area (Å²) in [4.78, 5) is 7.43. The van der Waals surface area contributed by atoms with Crippen LogP contribution in [0.15, 0.2) is 54.7 Å². The Morgan fingerprint density at radius 1 is 1.03 bits per heavy atom. The fraction of sp³-hybridized carbons (Fsp3) is 0.400. The summed E-state index contributed by atoms with van der Waals surface area (Å²) in [6.07, 6.45) is 5.38. The molecule has 0 aliphatic carbocycles. The fourth-order valence-corrected chi connectivity index (χ4v) is 4.58. The molecule has 30 heavy (non-hydrogen) atoms. The van der Waals surface area contributed by atoms with Crippen LogP contribution in [0.3, 0.4) is 0 Å². The lowest BCUT2D eigenvalue weighted by atomic mass is 10.00. The molecule has 0 radical (unpaired) electrons. The molecule has 5 heteroatoms. The van der Waals surface area contributed by atoms with Crippen molar-refractivity contribution in [1.82, 2.24) is 14.5 Å². The van der Waals surface area contributed by atoms with Gasteiger partial charge in [0, 0.05) is 31.4 Å². The van der Waals surface area contributed by atoms with Gasteiger partial charge < -0.3 is 19.3 Å². The van der Waals surface area contributed by atoms with E-state index in [1.165, 1.54) is 11.1 Å². The average Bonchev–Trinajstić information content (AvgIpc) is 3.16. The highest BCUT2D eigenvalue weighted by Gasteiger charge is 2.30. The SMILES string of the molecule is CN1CCC(OC2c3ccccc3CCn3cc(-c4ccc(CO)cc4)nc32)CC1. The Hall–Kier alpha value is -2.47. The number of piperidine rings is 1. The summed E-state index contributed by atoms with van der Waals surface area (Å²) >= 11 is 0. The molecule has 1 N–H and O–H groups in total. The molecule has 1 fully saturated rings. The maximum Gasteiger partial charge on any atom is 0.143 e. The van der Waals surface area contributed by atoms with Gasteiger partial charge in [0.05, 0.1) is 18.4 Å². The first-order valence-corrected chi connectivity index (χ1v) is 10.9. The number of aromatic nitrogens is 2. The van der Waals surface area contributed by atoms with Crippen LogP contribution in [-0.2, 0) is 24.3 Å². The van der Waals surface area contributed by atoms with Crippen molar-refractivity contribution in [2.24, 2.45) is 0 Å². The zero-order valence-corrected chi connectivity index (χ0v) is 17.5. The predicted octanol–water partition coefficient (Wildman–Crippen LogP) is 3.80. The van der Waals surface area contributed by atoms with Crippen molar-refractivity contribution in [3.63, 3.8) is 0 Å². The number of imidazole rings is 1. The third kappa shape index (κ3) is 3.81. The standard InChI is InChI=1S/C25H29N3O2/c1-27-13-11-21(12-14-27)30-24-22-5-3-2-4-19(22)10-15-28-16-23(26-25(24)28)20-8-6-18(17-29)7-9-20/h2-9,16,21,24,29H,10-15,17H2,1H3. The van der Waals surface area contributed by atoms with Crippen molar-refractivity contribution >= 4 is 0 Å². The van der Waals surface area contributed by atoms with Crippen molar-refractivity contribution in [3.05, 3.63) is 77.2 Å². The van der Waals surface area contributed by atoms with E-state index in [0.717, 1.165) is 61.5 Å². The number of benzene rings is 2. The van der Waals surface area contributed by atoms with Crippen LogP contribution in [0.25, 0.3) is 11.3 Å². The van der Waals surface area contributed by atoms with Crippen LogP contribution in [0.2, 0.25) is 0 Å². The number of fused-ring (bicyclic) bond motifs is 2. The number of ether oxygens (including phenoxy) is 1. The lowest BCUT2D eigenvalue weighted by Gasteiger charge is -2.32. The van der Waals surface area contributed by atoms with Gasteiger partial charge in [-0.05, 0) is 43.0 Å². The van der Waals surface area contributed by atoms with E-state index in [-0.39, 0.29) is 18.8 Å². The lowest BCUT2D eigenvalue weighted by molar-refractivity contribution is -0.0275. The van der Waals surface area contributed by atoms with Gasteiger partial charge in [0.2, 0.25) is 0 Å². The Kier molecular flexibility index (Phi) is 5.42. The number of aryl methyl sites for hydroxylation is 2. The van der Waals surface area contributed by atoms with Gasteiger partial charge in [-0.2, -0.15) is 0 Å². The van der Waals surface area contributed by atoms with Gasteiger partial charge in [0.15, 0.2) is 0 Å². The molecule has 3 aromatic rings. The zero-order chi connectivity index (χ0) is 20.5. The molecule has 3 heterocycles. The molecular weight excluding hydrogens is 374 g/mol. The fourth-order valence-electron chi connectivity index (χ4n) is 4.58. The number of likely N-dealkylation sites (tertiary alicyclic amines) is 1. The molecule has 1 atom stereocenters. The maximum atomic E-state index is 9.32. The van der Waals surface area contributed by atoms with Crippen molar-refractivity contribution in [3.8, 4) is 11.3 Å². The first-order chi connectivity index (χ1) is 14.7. The highest BCUT2D eigenvalue weighted by atomic mass is 16.5. The topological polar surface area (TPSA) is 50.5 Å². The summed E-state index contributed by atoms with van der Waals surface area (Å²) in [6.45, 7) is 3.12. The minimum Gasteiger partial charge on any atom is -0.392 e. The molecule has 5 rings (SSSR count). The summed E-state index contributed by atoms with van der Waals surface area (Å²) in [6, 6.07) is 16.6. The van der Waals surface area contributed by atoms with Crippen molar-refractivity contribution in [2.75, 3.05) is 20.1 Å². The Morgan fingerprint density at radius 3 is 2.57 bits per heavy atom. The van der Waals surface area contributed by atoms with Crippen LogP contribution < -0.4 is 0 Å². The first-order valence-electron chi connectivity index (χ1n) is 10.9. The Balaban J connectivity index is 1.51. The summed E-state index contributed by atoms with van der Waals surface area (Å²) in [5.74, 6) is 1.00. The predicted molar refractivity (Wildman–Crippen MR) is 117 cm³/mol. The number of aliphatic hydroxyl groups is 1. The molecule has 0 bridgehead atoms. The van der Waals surface area contributed by atoms with Crippen LogP contribution in [0.1, 0.15) is 41.5 Å². The molecule has 1 saturated heterocycles. The number of hydrogen-bond acceptors (Lipinski definition) is 4. The molecular formula is C25H29N3O2. The second kappa shape index (κ2) is 8.34. The van der Waals surface area contributed by atoms with Crippen LogP contribution in [-0.4, -0.2) is 45.8 Å². The van der Waals surface area contributed by atoms with Crippen molar-refractivity contribution < 1.29 is 9.84 Å². The molecule has 5 nitrogen and oxygen atoms in total. The van der Waals surface area contributed by atoms with Crippen LogP contribution in [0.5, 0.6) is 0 Å². The van der Waals surface area contributed by atoms with Gasteiger partial charge in [0.25, 0.3) is 0 Å². The molecule has 1 unspecified atom stereocenters. The van der Waals surface area contributed by atoms with Crippen LogP contribution in [0, 0.1) is 0 Å². The molecule has 0 saturated carbocycles. The Labute approximate surface area is 177 Å². The zero-order valence-electron chi connectivity index (χ0n) is 17.5. The average molecular weight is 404 g/mol. The Morgan fingerprint density at radius 2 is 1.80 bits per heavy atom. The molecule has 2 aliphatic rings. The largest absolute Gasteiger partial charge is 0.392 e. The minimum atomic E-state index is -0.137. The molecule has 2 aliphatic heterocycles. The number of rotatable bonds is 4. The molecule has 0 amide bonds. The summed E-state index contributed by atoms with van der Waals surface area (Å²) in [5, 5.41) is 9.32. The Bertz CT molecular complexity index is 1000. The quantitative estimate of drug-likeness (QED) is 0.720. The van der Waals surface area contributed by atoms with E-state index in [1.54, 1.807) is 0 Å². The normalized spacial score (nSPS) is 19.9. The van der Waals surface area contributed by atoms with Crippen molar-refractivity contribution in [2.45, 2.75) is 44.6 Å². The second-order valence-electron chi connectivity index (χ2n) is 8.50. The minimum absolute atomic E-state index is 0.0588. The third-order valence-corrected chi connectivity index (χ3v) is 6.43. The molecule has 2 aromatic carbocycles. The van der Waals surface area contributed by atoms with Gasteiger partial charge in [-0.1, -0.05) is 48.5 Å². The van der Waals surface area contributed by atoms with Gasteiger partial charge in [-0.3, -0.25) is 0 Å². The van der Waals surface area contributed by atoms with Gasteiger partial charge in [0.1, 0.15) is 11.9 Å². The summed E-state index contributed by atoms with van der Waals surface area (Å²) < 4.78 is 9.03. The number of aliphatic hydroxyl groups excluding tert-OH is 1. The van der Waals surface area contributed by atoms with E-state index in [0.29, 0.717) is 0 Å².